The summed E-state index contributed by atoms with van der Waals surface area (Å²) in [6.07, 6.45) is 4.05. The van der Waals surface area contributed by atoms with Crippen LogP contribution in [0, 0.1) is 5.92 Å². The molecular weight excluding hydrogens is 268 g/mol. The van der Waals surface area contributed by atoms with Crippen LogP contribution in [-0.2, 0) is 22.4 Å². The molecule has 1 fully saturated rings. The maximum atomic E-state index is 12.1. The Hall–Kier alpha value is -1.88. The van der Waals surface area contributed by atoms with Crippen molar-refractivity contribution >= 4 is 17.5 Å². The van der Waals surface area contributed by atoms with Crippen molar-refractivity contribution in [2.45, 2.75) is 25.7 Å². The summed E-state index contributed by atoms with van der Waals surface area (Å²) in [5.41, 5.74) is 3.29. The van der Waals surface area contributed by atoms with Crippen LogP contribution in [-0.4, -0.2) is 41.5 Å². The zero-order chi connectivity index (χ0) is 14.8. The number of nitrogens with zero attached hydrogens (tertiary/aromatic N) is 1. The first-order valence-electron chi connectivity index (χ1n) is 7.50. The molecule has 5 heteroatoms. The molecule has 3 rings (SSSR count). The Bertz CT molecular complexity index is 571. The third kappa shape index (κ3) is 2.93. The van der Waals surface area contributed by atoms with Gasteiger partial charge >= 0.3 is 11.8 Å². The Morgan fingerprint density at radius 2 is 2.10 bits per heavy atom. The lowest BCUT2D eigenvalue weighted by Gasteiger charge is -2.15. The van der Waals surface area contributed by atoms with Gasteiger partial charge in [-0.3, -0.25) is 9.59 Å². The van der Waals surface area contributed by atoms with Crippen LogP contribution >= 0.6 is 0 Å². The van der Waals surface area contributed by atoms with E-state index in [-0.39, 0.29) is 12.5 Å². The Morgan fingerprint density at radius 1 is 1.29 bits per heavy atom. The number of fused-ring (bicyclic) bond motifs is 1. The first-order chi connectivity index (χ1) is 10.2. The van der Waals surface area contributed by atoms with Gasteiger partial charge in [-0.25, -0.2) is 0 Å². The maximum absolute atomic E-state index is 12.1. The molecule has 1 saturated heterocycles. The monoisotopic (exact) mass is 288 g/mol. The highest BCUT2D eigenvalue weighted by Gasteiger charge is 2.29. The van der Waals surface area contributed by atoms with Crippen molar-refractivity contribution < 1.29 is 14.7 Å². The average molecular weight is 288 g/mol. The summed E-state index contributed by atoms with van der Waals surface area (Å²) >= 11 is 0. The molecule has 1 atom stereocenters. The van der Waals surface area contributed by atoms with Crippen LogP contribution in [0.3, 0.4) is 0 Å². The molecule has 1 unspecified atom stereocenters. The fourth-order valence-corrected chi connectivity index (χ4v) is 3.14. The minimum Gasteiger partial charge on any atom is -0.396 e. The first-order valence-corrected chi connectivity index (χ1v) is 7.50. The Balaban J connectivity index is 1.62. The topological polar surface area (TPSA) is 69.6 Å². The quantitative estimate of drug-likeness (QED) is 0.796. The molecule has 2 aliphatic rings. The van der Waals surface area contributed by atoms with E-state index in [1.165, 1.54) is 16.0 Å². The van der Waals surface area contributed by atoms with Gasteiger partial charge in [0, 0.05) is 31.3 Å². The SMILES string of the molecule is O=C(Nc1ccc2c(c1)CCC2)C(=O)N1CCC(CO)C1. The molecule has 1 aliphatic carbocycles. The molecule has 0 aromatic heterocycles. The van der Waals surface area contributed by atoms with Crippen LogP contribution in [0.15, 0.2) is 18.2 Å². The number of aliphatic hydroxyl groups is 1. The highest BCUT2D eigenvalue weighted by Crippen LogP contribution is 2.25. The number of amides is 2. The van der Waals surface area contributed by atoms with Crippen LogP contribution in [0.5, 0.6) is 0 Å². The van der Waals surface area contributed by atoms with Gasteiger partial charge in [-0.2, -0.15) is 0 Å². The Morgan fingerprint density at radius 3 is 2.86 bits per heavy atom. The number of hydrogen-bond acceptors (Lipinski definition) is 3. The van der Waals surface area contributed by atoms with Crippen LogP contribution < -0.4 is 5.32 Å². The van der Waals surface area contributed by atoms with Crippen molar-refractivity contribution in [2.24, 2.45) is 5.92 Å². The van der Waals surface area contributed by atoms with Gasteiger partial charge in [0.25, 0.3) is 0 Å². The molecule has 1 aromatic carbocycles. The molecule has 2 amide bonds. The highest BCUT2D eigenvalue weighted by atomic mass is 16.3. The van der Waals surface area contributed by atoms with Crippen LogP contribution in [0.25, 0.3) is 0 Å². The number of hydrogen-bond donors (Lipinski definition) is 2. The minimum atomic E-state index is -0.591. The molecule has 5 nitrogen and oxygen atoms in total. The molecule has 0 spiro atoms. The summed E-state index contributed by atoms with van der Waals surface area (Å²) in [7, 11) is 0. The third-order valence-corrected chi connectivity index (χ3v) is 4.38. The molecule has 1 aliphatic heterocycles. The highest BCUT2D eigenvalue weighted by molar-refractivity contribution is 6.39. The molecule has 1 heterocycles. The molecule has 21 heavy (non-hydrogen) atoms. The van der Waals surface area contributed by atoms with Crippen molar-refractivity contribution in [1.29, 1.82) is 0 Å². The largest absolute Gasteiger partial charge is 0.396 e. The third-order valence-electron chi connectivity index (χ3n) is 4.38. The van der Waals surface area contributed by atoms with E-state index in [4.69, 9.17) is 5.11 Å². The normalized spacial score (nSPS) is 20.4. The van der Waals surface area contributed by atoms with Crippen molar-refractivity contribution in [2.75, 3.05) is 25.0 Å². The van der Waals surface area contributed by atoms with Gasteiger partial charge in [0.15, 0.2) is 0 Å². The second-order valence-electron chi connectivity index (χ2n) is 5.88. The van der Waals surface area contributed by atoms with Gasteiger partial charge in [0.1, 0.15) is 0 Å². The smallest absolute Gasteiger partial charge is 0.313 e. The van der Waals surface area contributed by atoms with Crippen molar-refractivity contribution in [3.63, 3.8) is 0 Å². The number of aryl methyl sites for hydroxylation is 2. The second kappa shape index (κ2) is 5.85. The van der Waals surface area contributed by atoms with Crippen molar-refractivity contribution in [3.8, 4) is 0 Å². The van der Waals surface area contributed by atoms with Crippen LogP contribution in [0.2, 0.25) is 0 Å². The molecule has 0 bridgehead atoms. The van der Waals surface area contributed by atoms with Gasteiger partial charge in [-0.05, 0) is 48.9 Å². The fraction of sp³-hybridized carbons (Fsp3) is 0.500. The number of carbonyl (C=O) groups is 2. The summed E-state index contributed by atoms with van der Waals surface area (Å²) in [5, 5.41) is 11.8. The van der Waals surface area contributed by atoms with Crippen molar-refractivity contribution in [1.82, 2.24) is 4.90 Å². The summed E-state index contributed by atoms with van der Waals surface area (Å²) in [5.74, 6) is -1.00. The van der Waals surface area contributed by atoms with E-state index in [1.807, 2.05) is 18.2 Å². The van der Waals surface area contributed by atoms with Gasteiger partial charge in [-0.1, -0.05) is 6.07 Å². The van der Waals surface area contributed by atoms with Gasteiger partial charge in [-0.15, -0.1) is 0 Å². The second-order valence-corrected chi connectivity index (χ2v) is 5.88. The maximum Gasteiger partial charge on any atom is 0.313 e. The standard InChI is InChI=1S/C16H20N2O3/c19-10-11-6-7-18(9-11)16(21)15(20)17-14-5-4-12-2-1-3-13(12)8-14/h4-5,8,11,19H,1-3,6-7,9-10H2,(H,17,20). The van der Waals surface area contributed by atoms with Crippen molar-refractivity contribution in [3.05, 3.63) is 29.3 Å². The van der Waals surface area contributed by atoms with E-state index in [0.29, 0.717) is 18.8 Å². The summed E-state index contributed by atoms with van der Waals surface area (Å²) in [4.78, 5) is 25.6. The number of nitrogens with one attached hydrogen (secondary N) is 1. The van der Waals surface area contributed by atoms with E-state index in [2.05, 4.69) is 5.32 Å². The lowest BCUT2D eigenvalue weighted by atomic mass is 10.1. The first kappa shape index (κ1) is 14.1. The van der Waals surface area contributed by atoms with Crippen LogP contribution in [0.1, 0.15) is 24.0 Å². The number of rotatable bonds is 2. The molecule has 1 aromatic rings. The fourth-order valence-electron chi connectivity index (χ4n) is 3.14. The number of benzene rings is 1. The average Bonchev–Trinajstić information content (AvgIpc) is 3.14. The number of likely N-dealkylation sites (tertiary alicyclic amines) is 1. The van der Waals surface area contributed by atoms with E-state index in [9.17, 15) is 9.59 Å². The molecular formula is C16H20N2O3. The number of carbonyl (C=O) groups excluding carboxylic acids is 2. The predicted molar refractivity (Wildman–Crippen MR) is 78.9 cm³/mol. The molecule has 2 N–H and O–H groups in total. The number of aliphatic hydroxyl groups excluding tert-OH is 1. The zero-order valence-electron chi connectivity index (χ0n) is 12.0. The lowest BCUT2D eigenvalue weighted by Crippen LogP contribution is -2.38. The van der Waals surface area contributed by atoms with Gasteiger partial charge in [0.05, 0.1) is 0 Å². The Labute approximate surface area is 123 Å². The summed E-state index contributed by atoms with van der Waals surface area (Å²) in [6, 6.07) is 5.85. The predicted octanol–water partition coefficient (Wildman–Crippen LogP) is 0.955. The van der Waals surface area contributed by atoms with Gasteiger partial charge < -0.3 is 15.3 Å². The lowest BCUT2D eigenvalue weighted by molar-refractivity contribution is -0.142. The van der Waals surface area contributed by atoms with E-state index >= 15 is 0 Å². The van der Waals surface area contributed by atoms with E-state index < -0.39 is 11.8 Å². The molecule has 0 radical (unpaired) electrons. The van der Waals surface area contributed by atoms with Gasteiger partial charge in [0.2, 0.25) is 0 Å². The summed E-state index contributed by atoms with van der Waals surface area (Å²) in [6.45, 7) is 1.07. The van der Waals surface area contributed by atoms with E-state index in [0.717, 1.165) is 25.7 Å². The van der Waals surface area contributed by atoms with E-state index in [1.54, 1.807) is 0 Å². The molecule has 0 saturated carbocycles. The van der Waals surface area contributed by atoms with Crippen LogP contribution in [0.4, 0.5) is 5.69 Å². The zero-order valence-corrected chi connectivity index (χ0v) is 12.0. The molecule has 112 valence electrons. The minimum absolute atomic E-state index is 0.0657. The summed E-state index contributed by atoms with van der Waals surface area (Å²) < 4.78 is 0. The number of anilines is 1. The Kier molecular flexibility index (Phi) is 3.92.